The zero-order chi connectivity index (χ0) is 22.9. The van der Waals surface area contributed by atoms with E-state index in [2.05, 4.69) is 5.32 Å². The summed E-state index contributed by atoms with van der Waals surface area (Å²) >= 11 is 0. The molecule has 14 nitrogen and oxygen atoms in total. The summed E-state index contributed by atoms with van der Waals surface area (Å²) in [5.74, 6) is -7.83. The van der Waals surface area contributed by atoms with E-state index in [0.717, 1.165) is 0 Å². The van der Waals surface area contributed by atoms with Crippen LogP contribution in [0.3, 0.4) is 0 Å². The molecule has 164 valence electrons. The average Bonchev–Trinajstić information content (AvgIpc) is 2.58. The number of carboxylic acids is 3. The fraction of sp³-hybridized carbons (Fsp3) is 0.600. The van der Waals surface area contributed by atoms with Crippen molar-refractivity contribution in [3.63, 3.8) is 0 Å². The van der Waals surface area contributed by atoms with E-state index in [1.54, 1.807) is 0 Å². The van der Waals surface area contributed by atoms with Crippen LogP contribution < -0.4 is 21.7 Å². The van der Waals surface area contributed by atoms with E-state index in [0.29, 0.717) is 0 Å². The fourth-order valence-corrected chi connectivity index (χ4v) is 1.92. The van der Waals surface area contributed by atoms with Crippen LogP contribution in [0, 0.1) is 0 Å². The predicted molar refractivity (Wildman–Crippen MR) is 93.3 cm³/mol. The summed E-state index contributed by atoms with van der Waals surface area (Å²) in [6.45, 7) is 2.44. The van der Waals surface area contributed by atoms with Gasteiger partial charge in [0.1, 0.15) is 24.2 Å². The second-order valence-corrected chi connectivity index (χ2v) is 6.15. The fourth-order valence-electron chi connectivity index (χ4n) is 1.92. The Hall–Kier alpha value is -3.26. The topological polar surface area (TPSA) is 245 Å². The van der Waals surface area contributed by atoms with E-state index < -0.39 is 78.7 Å². The number of carbonyl (C=O) groups is 6. The summed E-state index contributed by atoms with van der Waals surface area (Å²) in [6, 6.07) is -6.23. The molecule has 0 heterocycles. The van der Waals surface area contributed by atoms with Gasteiger partial charge in [0.25, 0.3) is 0 Å². The van der Waals surface area contributed by atoms with Crippen LogP contribution in [0.5, 0.6) is 0 Å². The molecule has 5 atom stereocenters. The lowest BCUT2D eigenvalue weighted by Gasteiger charge is -2.23. The van der Waals surface area contributed by atoms with E-state index in [9.17, 15) is 33.9 Å². The molecule has 5 unspecified atom stereocenters. The molecule has 0 aromatic carbocycles. The molecule has 0 saturated carbocycles. The summed E-state index contributed by atoms with van der Waals surface area (Å²) in [5.41, 5.74) is 5.41. The van der Waals surface area contributed by atoms with Crippen molar-refractivity contribution >= 4 is 35.6 Å². The van der Waals surface area contributed by atoms with Crippen molar-refractivity contribution in [2.45, 2.75) is 57.0 Å². The van der Waals surface area contributed by atoms with Crippen LogP contribution in [0.1, 0.15) is 26.7 Å². The van der Waals surface area contributed by atoms with E-state index in [-0.39, 0.29) is 0 Å². The Balaban J connectivity index is 5.17. The van der Waals surface area contributed by atoms with Gasteiger partial charge < -0.3 is 42.1 Å². The Morgan fingerprint density at radius 2 is 1.21 bits per heavy atom. The summed E-state index contributed by atoms with van der Waals surface area (Å²) in [6.07, 6.45) is -3.12. The van der Waals surface area contributed by atoms with Crippen LogP contribution >= 0.6 is 0 Å². The minimum atomic E-state index is -1.85. The van der Waals surface area contributed by atoms with Crippen molar-refractivity contribution in [2.75, 3.05) is 0 Å². The molecule has 29 heavy (non-hydrogen) atoms. The normalized spacial score (nSPS) is 15.7. The van der Waals surface area contributed by atoms with Gasteiger partial charge in [0, 0.05) is 0 Å². The lowest BCUT2D eigenvalue weighted by molar-refractivity contribution is -0.148. The highest BCUT2D eigenvalue weighted by atomic mass is 16.4. The molecule has 0 aliphatic carbocycles. The number of nitrogens with two attached hydrogens (primary N) is 1. The van der Waals surface area contributed by atoms with Gasteiger partial charge in [-0.15, -0.1) is 0 Å². The van der Waals surface area contributed by atoms with E-state index in [1.165, 1.54) is 13.8 Å². The first-order chi connectivity index (χ1) is 13.3. The third-order valence-electron chi connectivity index (χ3n) is 3.58. The average molecular weight is 420 g/mol. The van der Waals surface area contributed by atoms with Crippen LogP contribution in [0.2, 0.25) is 0 Å². The number of hydrogen-bond donors (Lipinski definition) is 8. The predicted octanol–water partition coefficient (Wildman–Crippen LogP) is -3.80. The van der Waals surface area contributed by atoms with Gasteiger partial charge in [0.15, 0.2) is 0 Å². The number of hydrogen-bond acceptors (Lipinski definition) is 8. The maximum atomic E-state index is 12.2. The Morgan fingerprint density at radius 3 is 1.62 bits per heavy atom. The summed E-state index contributed by atoms with van der Waals surface area (Å²) in [5, 5.41) is 41.8. The highest BCUT2D eigenvalue weighted by molar-refractivity contribution is 5.96. The molecule has 14 heteroatoms. The van der Waals surface area contributed by atoms with Crippen molar-refractivity contribution in [1.29, 1.82) is 0 Å². The highest BCUT2D eigenvalue weighted by Gasteiger charge is 2.31. The van der Waals surface area contributed by atoms with Crippen molar-refractivity contribution in [2.24, 2.45) is 5.73 Å². The van der Waals surface area contributed by atoms with Crippen molar-refractivity contribution in [1.82, 2.24) is 16.0 Å². The van der Waals surface area contributed by atoms with E-state index >= 15 is 0 Å². The number of carboxylic acid groups (broad SMARTS) is 3. The Kier molecular flexibility index (Phi) is 10.3. The summed E-state index contributed by atoms with van der Waals surface area (Å²) < 4.78 is 0. The zero-order valence-corrected chi connectivity index (χ0v) is 15.6. The van der Waals surface area contributed by atoms with Gasteiger partial charge >= 0.3 is 17.9 Å². The SMILES string of the molecule is CC(NC(=O)C(N)C(C)O)C(=O)NC(CC(=O)O)C(=O)NC(CC(=O)O)C(=O)O. The van der Waals surface area contributed by atoms with Gasteiger partial charge in [-0.1, -0.05) is 0 Å². The minimum Gasteiger partial charge on any atom is -0.481 e. The smallest absolute Gasteiger partial charge is 0.326 e. The lowest BCUT2D eigenvalue weighted by Crippen LogP contribution is -2.57. The van der Waals surface area contributed by atoms with Crippen LogP contribution in [-0.2, 0) is 28.8 Å². The van der Waals surface area contributed by atoms with Gasteiger partial charge in [-0.25, -0.2) is 4.79 Å². The van der Waals surface area contributed by atoms with E-state index in [1.807, 2.05) is 10.6 Å². The lowest BCUT2D eigenvalue weighted by atomic mass is 10.1. The van der Waals surface area contributed by atoms with Crippen LogP contribution in [-0.4, -0.2) is 86.3 Å². The third-order valence-corrected chi connectivity index (χ3v) is 3.58. The number of nitrogens with one attached hydrogen (secondary N) is 3. The first-order valence-corrected chi connectivity index (χ1v) is 8.27. The molecule has 0 aliphatic heterocycles. The van der Waals surface area contributed by atoms with Gasteiger partial charge in [-0.3, -0.25) is 24.0 Å². The molecule has 3 amide bonds. The van der Waals surface area contributed by atoms with Gasteiger partial charge in [0.05, 0.1) is 18.9 Å². The number of rotatable bonds is 12. The standard InChI is InChI=1S/C15H24N4O10/c1-5(17-14(27)11(16)6(2)20)12(25)18-7(3-9(21)22)13(26)19-8(15(28)29)4-10(23)24/h5-8,11,20H,3-4,16H2,1-2H3,(H,17,27)(H,18,25)(H,19,26)(H,21,22)(H,23,24)(H,28,29). The number of aliphatic carboxylic acids is 3. The second-order valence-electron chi connectivity index (χ2n) is 6.15. The molecule has 0 spiro atoms. The van der Waals surface area contributed by atoms with Crippen LogP contribution in [0.4, 0.5) is 0 Å². The molecule has 0 bridgehead atoms. The molecular weight excluding hydrogens is 396 g/mol. The largest absolute Gasteiger partial charge is 0.481 e. The van der Waals surface area contributed by atoms with E-state index in [4.69, 9.17) is 21.1 Å². The Bertz CT molecular complexity index is 665. The van der Waals surface area contributed by atoms with Gasteiger partial charge in [-0.05, 0) is 13.8 Å². The Labute approximate surface area is 164 Å². The molecule has 0 radical (unpaired) electrons. The molecule has 0 aliphatic rings. The molecule has 0 fully saturated rings. The molecule has 0 aromatic heterocycles. The quantitative estimate of drug-likeness (QED) is 0.152. The third kappa shape index (κ3) is 9.48. The van der Waals surface area contributed by atoms with Crippen LogP contribution in [0.25, 0.3) is 0 Å². The summed E-state index contributed by atoms with van der Waals surface area (Å²) in [4.78, 5) is 68.7. The maximum Gasteiger partial charge on any atom is 0.326 e. The van der Waals surface area contributed by atoms with Gasteiger partial charge in [0.2, 0.25) is 17.7 Å². The van der Waals surface area contributed by atoms with Crippen molar-refractivity contribution in [3.05, 3.63) is 0 Å². The number of carbonyl (C=O) groups excluding carboxylic acids is 3. The number of amides is 3. The van der Waals surface area contributed by atoms with Crippen molar-refractivity contribution in [3.8, 4) is 0 Å². The molecule has 0 rings (SSSR count). The highest BCUT2D eigenvalue weighted by Crippen LogP contribution is 2.00. The zero-order valence-electron chi connectivity index (χ0n) is 15.6. The minimum absolute atomic E-state index is 0.880. The monoisotopic (exact) mass is 420 g/mol. The Morgan fingerprint density at radius 1 is 0.759 bits per heavy atom. The molecule has 0 saturated heterocycles. The van der Waals surface area contributed by atoms with Crippen LogP contribution in [0.15, 0.2) is 0 Å². The second kappa shape index (κ2) is 11.6. The maximum absolute atomic E-state index is 12.2. The summed E-state index contributed by atoms with van der Waals surface area (Å²) in [7, 11) is 0. The number of aliphatic hydroxyl groups excluding tert-OH is 1. The number of aliphatic hydroxyl groups is 1. The molecular formula is C15H24N4O10. The molecule has 9 N–H and O–H groups in total. The first kappa shape index (κ1) is 25.7. The molecule has 0 aromatic rings. The van der Waals surface area contributed by atoms with Crippen molar-refractivity contribution < 1.29 is 49.2 Å². The first-order valence-electron chi connectivity index (χ1n) is 8.27. The van der Waals surface area contributed by atoms with Gasteiger partial charge in [-0.2, -0.15) is 0 Å².